The molecule has 1 unspecified atom stereocenters. The molecule has 1 aromatic carbocycles. The van der Waals surface area contributed by atoms with Crippen molar-refractivity contribution in [3.63, 3.8) is 0 Å². The van der Waals surface area contributed by atoms with Gasteiger partial charge in [0.15, 0.2) is 5.82 Å². The molecule has 9 nitrogen and oxygen atoms in total. The fraction of sp³-hybridized carbons (Fsp3) is 0.238. The number of nitrogens with one attached hydrogen (secondary N) is 3. The van der Waals surface area contributed by atoms with Crippen molar-refractivity contribution >= 4 is 29.3 Å². The third-order valence-corrected chi connectivity index (χ3v) is 4.24. The van der Waals surface area contributed by atoms with Gasteiger partial charge in [-0.15, -0.1) is 0 Å². The number of benzene rings is 1. The number of amides is 2. The van der Waals surface area contributed by atoms with Crippen molar-refractivity contribution in [3.05, 3.63) is 66.4 Å². The molecule has 0 aliphatic heterocycles. The molecule has 1 atom stereocenters. The van der Waals surface area contributed by atoms with E-state index in [1.54, 1.807) is 0 Å². The third kappa shape index (κ3) is 6.76. The lowest BCUT2D eigenvalue weighted by Crippen LogP contribution is -2.44. The lowest BCUT2D eigenvalue weighted by Gasteiger charge is -2.17. The normalized spacial score (nSPS) is 11.5. The third-order valence-electron chi connectivity index (χ3n) is 4.24. The van der Waals surface area contributed by atoms with E-state index < -0.39 is 29.5 Å². The van der Waals surface area contributed by atoms with Gasteiger partial charge in [-0.05, 0) is 24.1 Å². The highest BCUT2D eigenvalue weighted by atomic mass is 19.1. The van der Waals surface area contributed by atoms with Crippen molar-refractivity contribution in [1.82, 2.24) is 25.3 Å². The Bertz CT molecular complexity index is 1050. The van der Waals surface area contributed by atoms with E-state index in [1.165, 1.54) is 31.0 Å². The maximum atomic E-state index is 13.3. The van der Waals surface area contributed by atoms with Crippen LogP contribution in [0, 0.1) is 11.6 Å². The van der Waals surface area contributed by atoms with E-state index in [-0.39, 0.29) is 17.8 Å². The van der Waals surface area contributed by atoms with Gasteiger partial charge < -0.3 is 16.0 Å². The van der Waals surface area contributed by atoms with Gasteiger partial charge >= 0.3 is 0 Å². The van der Waals surface area contributed by atoms with Crippen molar-refractivity contribution in [2.75, 3.05) is 10.6 Å². The summed E-state index contributed by atoms with van der Waals surface area (Å²) >= 11 is 0. The second-order valence-electron chi connectivity index (χ2n) is 6.86. The van der Waals surface area contributed by atoms with Gasteiger partial charge in [-0.25, -0.2) is 23.7 Å². The number of carbonyl (C=O) groups is 2. The number of hydrogen-bond donors (Lipinski definition) is 3. The first-order valence-electron chi connectivity index (χ1n) is 9.83. The largest absolute Gasteiger partial charge is 0.344 e. The molecule has 0 radical (unpaired) electrons. The second-order valence-corrected chi connectivity index (χ2v) is 6.86. The first-order chi connectivity index (χ1) is 15.4. The SMILES string of the molecule is CCCC(NC(=O)Cc1cc(F)cc(F)c1)C(=O)Nc1cnc(Nc2cnccn2)cn1. The fourth-order valence-electron chi connectivity index (χ4n) is 2.87. The lowest BCUT2D eigenvalue weighted by molar-refractivity contribution is -0.126. The zero-order chi connectivity index (χ0) is 22.9. The minimum atomic E-state index is -0.842. The summed E-state index contributed by atoms with van der Waals surface area (Å²) in [6.45, 7) is 1.86. The Kier molecular flexibility index (Phi) is 7.68. The van der Waals surface area contributed by atoms with Gasteiger partial charge in [0.2, 0.25) is 11.8 Å². The fourth-order valence-corrected chi connectivity index (χ4v) is 2.87. The van der Waals surface area contributed by atoms with E-state index in [9.17, 15) is 18.4 Å². The van der Waals surface area contributed by atoms with E-state index in [0.717, 1.165) is 18.2 Å². The van der Waals surface area contributed by atoms with Gasteiger partial charge in [-0.2, -0.15) is 0 Å². The average Bonchev–Trinajstić information content (AvgIpc) is 2.75. The van der Waals surface area contributed by atoms with Crippen LogP contribution in [0.4, 0.5) is 26.2 Å². The highest BCUT2D eigenvalue weighted by molar-refractivity contribution is 5.96. The van der Waals surface area contributed by atoms with Crippen molar-refractivity contribution < 1.29 is 18.4 Å². The number of rotatable bonds is 9. The summed E-state index contributed by atoms with van der Waals surface area (Å²) in [6, 6.07) is 2.03. The first-order valence-corrected chi connectivity index (χ1v) is 9.83. The quantitative estimate of drug-likeness (QED) is 0.467. The molecule has 0 aliphatic carbocycles. The van der Waals surface area contributed by atoms with Gasteiger partial charge in [0.1, 0.15) is 29.3 Å². The molecule has 0 aliphatic rings. The summed E-state index contributed by atoms with van der Waals surface area (Å²) < 4.78 is 26.6. The van der Waals surface area contributed by atoms with Gasteiger partial charge in [0.05, 0.1) is 25.0 Å². The Balaban J connectivity index is 1.58. The molecule has 2 heterocycles. The molecular formula is C21H21F2N7O2. The summed E-state index contributed by atoms with van der Waals surface area (Å²) in [6.07, 6.45) is 8.09. The maximum Gasteiger partial charge on any atom is 0.248 e. The summed E-state index contributed by atoms with van der Waals surface area (Å²) in [5, 5.41) is 8.11. The van der Waals surface area contributed by atoms with Gasteiger partial charge in [-0.3, -0.25) is 14.6 Å². The number of hydrogen-bond acceptors (Lipinski definition) is 7. The predicted molar refractivity (Wildman–Crippen MR) is 113 cm³/mol. The molecular weight excluding hydrogens is 420 g/mol. The van der Waals surface area contributed by atoms with Crippen molar-refractivity contribution in [1.29, 1.82) is 0 Å². The van der Waals surface area contributed by atoms with Crippen LogP contribution < -0.4 is 16.0 Å². The van der Waals surface area contributed by atoms with Crippen LogP contribution in [0.3, 0.4) is 0 Å². The van der Waals surface area contributed by atoms with Gasteiger partial charge in [0, 0.05) is 18.5 Å². The van der Waals surface area contributed by atoms with Crippen LogP contribution in [0.5, 0.6) is 0 Å². The van der Waals surface area contributed by atoms with Crippen LogP contribution in [0.15, 0.2) is 49.2 Å². The number of halogens is 2. The van der Waals surface area contributed by atoms with Gasteiger partial charge in [0.25, 0.3) is 0 Å². The van der Waals surface area contributed by atoms with Crippen LogP contribution in [0.2, 0.25) is 0 Å². The summed E-state index contributed by atoms with van der Waals surface area (Å²) in [7, 11) is 0. The van der Waals surface area contributed by atoms with Crippen molar-refractivity contribution in [3.8, 4) is 0 Å². The van der Waals surface area contributed by atoms with Crippen LogP contribution in [-0.4, -0.2) is 37.8 Å². The highest BCUT2D eigenvalue weighted by Crippen LogP contribution is 2.12. The molecule has 0 bridgehead atoms. The van der Waals surface area contributed by atoms with Crippen LogP contribution in [-0.2, 0) is 16.0 Å². The van der Waals surface area contributed by atoms with Gasteiger partial charge in [-0.1, -0.05) is 13.3 Å². The van der Waals surface area contributed by atoms with E-state index in [2.05, 4.69) is 35.9 Å². The van der Waals surface area contributed by atoms with Crippen LogP contribution in [0.1, 0.15) is 25.3 Å². The standard InChI is InChI=1S/C21H21F2N7O2/c1-2-3-16(28-20(31)8-13-6-14(22)9-15(23)7-13)21(32)30-19-12-26-18(11-27-19)29-17-10-24-4-5-25-17/h4-7,9-12,16H,2-3,8H2,1H3,(H,28,31)(H,25,26,29)(H,27,30,32). The van der Waals surface area contributed by atoms with E-state index >= 15 is 0 Å². The Morgan fingerprint density at radius 2 is 1.62 bits per heavy atom. The van der Waals surface area contributed by atoms with Crippen molar-refractivity contribution in [2.24, 2.45) is 0 Å². The molecule has 0 saturated carbocycles. The Morgan fingerprint density at radius 3 is 2.25 bits per heavy atom. The van der Waals surface area contributed by atoms with Crippen LogP contribution >= 0.6 is 0 Å². The molecule has 11 heteroatoms. The number of carbonyl (C=O) groups excluding carboxylic acids is 2. The Morgan fingerprint density at radius 1 is 0.938 bits per heavy atom. The zero-order valence-corrected chi connectivity index (χ0v) is 17.2. The van der Waals surface area contributed by atoms with Crippen LogP contribution in [0.25, 0.3) is 0 Å². The second kappa shape index (κ2) is 10.8. The minimum absolute atomic E-state index is 0.174. The molecule has 0 spiro atoms. The topological polar surface area (TPSA) is 122 Å². The maximum absolute atomic E-state index is 13.3. The lowest BCUT2D eigenvalue weighted by atomic mass is 10.1. The smallest absolute Gasteiger partial charge is 0.248 e. The predicted octanol–water partition coefficient (Wildman–Crippen LogP) is 2.75. The molecule has 3 N–H and O–H groups in total. The molecule has 32 heavy (non-hydrogen) atoms. The number of nitrogens with zero attached hydrogens (tertiary/aromatic N) is 4. The van der Waals surface area contributed by atoms with Crippen molar-refractivity contribution in [2.45, 2.75) is 32.2 Å². The number of anilines is 3. The average molecular weight is 441 g/mol. The molecule has 3 aromatic rings. The zero-order valence-electron chi connectivity index (χ0n) is 17.2. The molecule has 3 rings (SSSR count). The minimum Gasteiger partial charge on any atom is -0.344 e. The highest BCUT2D eigenvalue weighted by Gasteiger charge is 2.21. The molecule has 2 amide bonds. The molecule has 166 valence electrons. The first kappa shape index (κ1) is 22.7. The monoisotopic (exact) mass is 441 g/mol. The summed E-state index contributed by atoms with van der Waals surface area (Å²) in [4.78, 5) is 41.2. The summed E-state index contributed by atoms with van der Waals surface area (Å²) in [5.74, 6) is -1.46. The van der Waals surface area contributed by atoms with E-state index in [4.69, 9.17) is 0 Å². The Labute approximate surface area is 182 Å². The Hall–Kier alpha value is -4.02. The van der Waals surface area contributed by atoms with E-state index in [1.807, 2.05) is 6.92 Å². The molecule has 0 fully saturated rings. The summed E-state index contributed by atoms with van der Waals surface area (Å²) in [5.41, 5.74) is 0.174. The van der Waals surface area contributed by atoms with E-state index in [0.29, 0.717) is 24.5 Å². The number of aromatic nitrogens is 4. The molecule has 2 aromatic heterocycles. The molecule has 0 saturated heterocycles.